The van der Waals surface area contributed by atoms with Gasteiger partial charge in [-0.05, 0) is 69.2 Å². The number of hydrogen-bond donors (Lipinski definition) is 1. The van der Waals surface area contributed by atoms with Gasteiger partial charge in [0.15, 0.2) is 11.5 Å². The minimum Gasteiger partial charge on any atom is -0.497 e. The van der Waals surface area contributed by atoms with Gasteiger partial charge >= 0.3 is 0 Å². The molecule has 3 aromatic carbocycles. The standard InChI is InChI=1S/C32H41N3O7S/c1-8-27(31(37)33-32(2,3)4)34(21-23-13-12-16-25(19-23)40-5)30(36)22-35(24-14-10-9-11-15-24)43(38,39)26-17-18-28(41-6)29(20-26)42-7/h9-20,27H,8,21-22H2,1-7H3,(H,33,37)/t27-/m0/s1. The molecule has 0 aromatic heterocycles. The Morgan fingerprint density at radius 1 is 0.860 bits per heavy atom. The Labute approximate surface area is 254 Å². The summed E-state index contributed by atoms with van der Waals surface area (Å²) in [6.07, 6.45) is 0.311. The molecular weight excluding hydrogens is 570 g/mol. The summed E-state index contributed by atoms with van der Waals surface area (Å²) < 4.78 is 45.3. The Kier molecular flexibility index (Phi) is 11.0. The van der Waals surface area contributed by atoms with Crippen LogP contribution in [0.4, 0.5) is 5.69 Å². The van der Waals surface area contributed by atoms with Gasteiger partial charge < -0.3 is 24.4 Å². The number of para-hydroxylation sites is 1. The molecule has 0 saturated heterocycles. The van der Waals surface area contributed by atoms with Crippen molar-refractivity contribution in [2.45, 2.75) is 57.1 Å². The Hall–Kier alpha value is -4.25. The van der Waals surface area contributed by atoms with E-state index in [-0.39, 0.29) is 23.1 Å². The van der Waals surface area contributed by atoms with Crippen molar-refractivity contribution in [3.8, 4) is 17.2 Å². The first-order valence-corrected chi connectivity index (χ1v) is 15.3. The van der Waals surface area contributed by atoms with Crippen LogP contribution in [0.5, 0.6) is 17.2 Å². The lowest BCUT2D eigenvalue weighted by molar-refractivity contribution is -0.141. The monoisotopic (exact) mass is 611 g/mol. The number of hydrogen-bond acceptors (Lipinski definition) is 7. The zero-order valence-corrected chi connectivity index (χ0v) is 26.6. The molecule has 3 aromatic rings. The largest absolute Gasteiger partial charge is 0.497 e. The number of carbonyl (C=O) groups is 2. The number of sulfonamides is 1. The Bertz CT molecular complexity index is 1500. The summed E-state index contributed by atoms with van der Waals surface area (Å²) in [5.41, 5.74) is 0.477. The number of rotatable bonds is 13. The maximum absolute atomic E-state index is 14.2. The number of benzene rings is 3. The van der Waals surface area contributed by atoms with Crippen LogP contribution in [0.25, 0.3) is 0 Å². The van der Waals surface area contributed by atoms with Gasteiger partial charge in [-0.3, -0.25) is 13.9 Å². The van der Waals surface area contributed by atoms with Crippen LogP contribution in [-0.4, -0.2) is 64.6 Å². The highest BCUT2D eigenvalue weighted by Crippen LogP contribution is 2.32. The number of nitrogens with one attached hydrogen (secondary N) is 1. The Morgan fingerprint density at radius 3 is 2.12 bits per heavy atom. The molecule has 0 aliphatic carbocycles. The van der Waals surface area contributed by atoms with Gasteiger partial charge in [-0.1, -0.05) is 37.3 Å². The van der Waals surface area contributed by atoms with Crippen molar-refractivity contribution in [2.24, 2.45) is 0 Å². The van der Waals surface area contributed by atoms with E-state index in [0.717, 1.165) is 9.87 Å². The number of ether oxygens (including phenoxy) is 3. The molecule has 0 radical (unpaired) electrons. The summed E-state index contributed by atoms with van der Waals surface area (Å²) in [5.74, 6) is 0.308. The molecule has 1 atom stereocenters. The van der Waals surface area contributed by atoms with Gasteiger partial charge in [0.25, 0.3) is 10.0 Å². The van der Waals surface area contributed by atoms with Crippen LogP contribution in [0.1, 0.15) is 39.7 Å². The topological polar surface area (TPSA) is 114 Å². The Morgan fingerprint density at radius 2 is 1.53 bits per heavy atom. The van der Waals surface area contributed by atoms with Crippen molar-refractivity contribution in [3.05, 3.63) is 78.4 Å². The minimum atomic E-state index is -4.28. The molecule has 43 heavy (non-hydrogen) atoms. The number of carbonyl (C=O) groups excluding carboxylic acids is 2. The second-order valence-electron chi connectivity index (χ2n) is 10.9. The summed E-state index contributed by atoms with van der Waals surface area (Å²) in [5, 5.41) is 2.96. The van der Waals surface area contributed by atoms with Crippen molar-refractivity contribution < 1.29 is 32.2 Å². The van der Waals surface area contributed by atoms with Gasteiger partial charge in [0, 0.05) is 18.2 Å². The van der Waals surface area contributed by atoms with Gasteiger partial charge in [-0.15, -0.1) is 0 Å². The van der Waals surface area contributed by atoms with E-state index in [9.17, 15) is 18.0 Å². The molecule has 232 valence electrons. The molecule has 0 bridgehead atoms. The molecule has 0 aliphatic rings. The van der Waals surface area contributed by atoms with Gasteiger partial charge in [-0.2, -0.15) is 0 Å². The van der Waals surface area contributed by atoms with E-state index in [0.29, 0.717) is 23.6 Å². The van der Waals surface area contributed by atoms with Gasteiger partial charge in [0.2, 0.25) is 11.8 Å². The molecule has 2 amide bonds. The van der Waals surface area contributed by atoms with Crippen molar-refractivity contribution in [1.29, 1.82) is 0 Å². The number of amides is 2. The maximum atomic E-state index is 14.2. The predicted octanol–water partition coefficient (Wildman–Crippen LogP) is 4.63. The first-order chi connectivity index (χ1) is 20.3. The SMILES string of the molecule is CC[C@@H](C(=O)NC(C)(C)C)N(Cc1cccc(OC)c1)C(=O)CN(c1ccccc1)S(=O)(=O)c1ccc(OC)c(OC)c1. The van der Waals surface area contributed by atoms with Crippen molar-refractivity contribution in [1.82, 2.24) is 10.2 Å². The minimum absolute atomic E-state index is 0.0607. The van der Waals surface area contributed by atoms with E-state index in [2.05, 4.69) is 5.32 Å². The summed E-state index contributed by atoms with van der Waals surface area (Å²) in [6, 6.07) is 18.9. The van der Waals surface area contributed by atoms with E-state index < -0.39 is 34.1 Å². The van der Waals surface area contributed by atoms with E-state index in [4.69, 9.17) is 14.2 Å². The molecule has 0 unspecified atom stereocenters. The number of methoxy groups -OCH3 is 3. The van der Waals surface area contributed by atoms with E-state index in [1.54, 1.807) is 55.6 Å². The fourth-order valence-corrected chi connectivity index (χ4v) is 6.00. The molecule has 10 nitrogen and oxygen atoms in total. The molecule has 11 heteroatoms. The molecule has 1 N–H and O–H groups in total. The quantitative estimate of drug-likeness (QED) is 0.300. The highest BCUT2D eigenvalue weighted by atomic mass is 32.2. The molecule has 0 fully saturated rings. The second-order valence-corrected chi connectivity index (χ2v) is 12.8. The number of nitrogens with zero attached hydrogens (tertiary/aromatic N) is 2. The van der Waals surface area contributed by atoms with Crippen LogP contribution in [0.2, 0.25) is 0 Å². The fraction of sp³-hybridized carbons (Fsp3) is 0.375. The summed E-state index contributed by atoms with van der Waals surface area (Å²) in [4.78, 5) is 29.0. The molecular formula is C32H41N3O7S. The number of anilines is 1. The second kappa shape index (κ2) is 14.3. The first kappa shape index (κ1) is 33.3. The van der Waals surface area contributed by atoms with Crippen LogP contribution >= 0.6 is 0 Å². The summed E-state index contributed by atoms with van der Waals surface area (Å²) in [7, 11) is 0.140. The molecule has 0 spiro atoms. The molecule has 0 aliphatic heterocycles. The normalized spacial score (nSPS) is 12.2. The van der Waals surface area contributed by atoms with Crippen molar-refractivity contribution >= 4 is 27.5 Å². The smallest absolute Gasteiger partial charge is 0.264 e. The fourth-order valence-electron chi connectivity index (χ4n) is 4.57. The zero-order valence-electron chi connectivity index (χ0n) is 25.8. The van der Waals surface area contributed by atoms with Crippen LogP contribution in [0.15, 0.2) is 77.7 Å². The summed E-state index contributed by atoms with van der Waals surface area (Å²) in [6.45, 7) is 6.90. The van der Waals surface area contributed by atoms with Crippen LogP contribution in [0.3, 0.4) is 0 Å². The predicted molar refractivity (Wildman–Crippen MR) is 166 cm³/mol. The third-order valence-electron chi connectivity index (χ3n) is 6.64. The Balaban J connectivity index is 2.09. The highest BCUT2D eigenvalue weighted by molar-refractivity contribution is 7.92. The van der Waals surface area contributed by atoms with E-state index in [1.165, 1.54) is 37.3 Å². The summed E-state index contributed by atoms with van der Waals surface area (Å²) >= 11 is 0. The highest BCUT2D eigenvalue weighted by Gasteiger charge is 2.35. The molecule has 3 rings (SSSR count). The first-order valence-electron chi connectivity index (χ1n) is 13.9. The van der Waals surface area contributed by atoms with Crippen LogP contribution in [0, 0.1) is 0 Å². The lowest BCUT2D eigenvalue weighted by Gasteiger charge is -2.34. The zero-order chi connectivity index (χ0) is 31.8. The average Bonchev–Trinajstić information content (AvgIpc) is 2.98. The van der Waals surface area contributed by atoms with Gasteiger partial charge in [0.05, 0.1) is 31.9 Å². The third kappa shape index (κ3) is 8.41. The van der Waals surface area contributed by atoms with Crippen LogP contribution < -0.4 is 23.8 Å². The molecule has 0 heterocycles. The van der Waals surface area contributed by atoms with E-state index >= 15 is 0 Å². The van der Waals surface area contributed by atoms with Gasteiger partial charge in [-0.25, -0.2) is 8.42 Å². The van der Waals surface area contributed by atoms with Crippen molar-refractivity contribution in [2.75, 3.05) is 32.2 Å². The molecule has 0 saturated carbocycles. The lowest BCUT2D eigenvalue weighted by atomic mass is 10.1. The van der Waals surface area contributed by atoms with E-state index in [1.807, 2.05) is 33.8 Å². The third-order valence-corrected chi connectivity index (χ3v) is 8.41. The lowest BCUT2D eigenvalue weighted by Crippen LogP contribution is -2.55. The maximum Gasteiger partial charge on any atom is 0.264 e. The average molecular weight is 612 g/mol. The van der Waals surface area contributed by atoms with Gasteiger partial charge in [0.1, 0.15) is 18.3 Å². The van der Waals surface area contributed by atoms with Crippen LogP contribution in [-0.2, 0) is 26.2 Å². The van der Waals surface area contributed by atoms with Crippen molar-refractivity contribution in [3.63, 3.8) is 0 Å².